The summed E-state index contributed by atoms with van der Waals surface area (Å²) in [4.78, 5) is 12.9. The molecule has 0 radical (unpaired) electrons. The molecule has 6 heteroatoms. The molecule has 21 heavy (non-hydrogen) atoms. The number of nitrogens with zero attached hydrogens (tertiary/aromatic N) is 3. The van der Waals surface area contributed by atoms with Crippen molar-refractivity contribution in [3.63, 3.8) is 0 Å². The van der Waals surface area contributed by atoms with Gasteiger partial charge in [0.1, 0.15) is 5.69 Å². The minimum Gasteiger partial charge on any atom is -0.366 e. The van der Waals surface area contributed by atoms with Crippen LogP contribution in [0.2, 0.25) is 0 Å². The van der Waals surface area contributed by atoms with Crippen LogP contribution in [-0.4, -0.2) is 31.1 Å². The lowest BCUT2D eigenvalue weighted by molar-refractivity contribution is -0.384. The molecule has 0 unspecified atom stereocenters. The Balaban J connectivity index is 2.24. The van der Waals surface area contributed by atoms with Crippen LogP contribution < -0.4 is 10.2 Å². The third kappa shape index (κ3) is 3.70. The quantitative estimate of drug-likeness (QED) is 0.664. The van der Waals surface area contributed by atoms with E-state index < -0.39 is 4.92 Å². The van der Waals surface area contributed by atoms with Crippen molar-refractivity contribution in [2.24, 2.45) is 5.92 Å². The van der Waals surface area contributed by atoms with Crippen molar-refractivity contribution in [1.82, 2.24) is 5.32 Å². The van der Waals surface area contributed by atoms with E-state index in [0.29, 0.717) is 17.2 Å². The monoisotopic (exact) mass is 288 g/mol. The molecule has 1 aliphatic rings. The van der Waals surface area contributed by atoms with E-state index in [1.54, 1.807) is 12.1 Å². The van der Waals surface area contributed by atoms with Gasteiger partial charge >= 0.3 is 0 Å². The molecule has 1 aliphatic heterocycles. The molecular formula is C15H20N4O2. The van der Waals surface area contributed by atoms with E-state index in [4.69, 9.17) is 5.26 Å². The number of benzene rings is 1. The zero-order valence-electron chi connectivity index (χ0n) is 12.2. The molecule has 1 fully saturated rings. The van der Waals surface area contributed by atoms with Gasteiger partial charge in [-0.1, -0.05) is 0 Å². The molecule has 1 aromatic rings. The summed E-state index contributed by atoms with van der Waals surface area (Å²) in [6.07, 6.45) is 2.20. The molecule has 1 heterocycles. The van der Waals surface area contributed by atoms with Gasteiger partial charge in [-0.25, -0.2) is 0 Å². The van der Waals surface area contributed by atoms with Gasteiger partial charge in [0.2, 0.25) is 0 Å². The molecule has 0 saturated carbocycles. The van der Waals surface area contributed by atoms with Crippen molar-refractivity contribution >= 4 is 11.4 Å². The highest BCUT2D eigenvalue weighted by Gasteiger charge is 2.22. The third-order valence-electron chi connectivity index (χ3n) is 3.96. The maximum absolute atomic E-state index is 11.3. The zero-order chi connectivity index (χ0) is 15.2. The predicted molar refractivity (Wildman–Crippen MR) is 81.3 cm³/mol. The Morgan fingerprint density at radius 2 is 2.19 bits per heavy atom. The molecule has 0 amide bonds. The Morgan fingerprint density at radius 3 is 2.76 bits per heavy atom. The Bertz CT molecular complexity index is 547. The molecule has 0 atom stereocenters. The molecule has 6 nitrogen and oxygen atoms in total. The average molecular weight is 288 g/mol. The van der Waals surface area contributed by atoms with Crippen molar-refractivity contribution in [1.29, 1.82) is 5.26 Å². The Labute approximate surface area is 124 Å². The van der Waals surface area contributed by atoms with Crippen LogP contribution in [0.1, 0.15) is 25.3 Å². The summed E-state index contributed by atoms with van der Waals surface area (Å²) < 4.78 is 0. The highest BCUT2D eigenvalue weighted by atomic mass is 16.6. The number of nitrogens with one attached hydrogen (secondary N) is 1. The van der Waals surface area contributed by atoms with Gasteiger partial charge in [-0.05, 0) is 50.9 Å². The third-order valence-corrected chi connectivity index (χ3v) is 3.96. The van der Waals surface area contributed by atoms with Gasteiger partial charge in [0.05, 0.1) is 16.6 Å². The van der Waals surface area contributed by atoms with Crippen LogP contribution in [-0.2, 0) is 0 Å². The summed E-state index contributed by atoms with van der Waals surface area (Å²) in [6.45, 7) is 5.57. The minimum atomic E-state index is -0.402. The number of hydrogen-bond acceptors (Lipinski definition) is 5. The summed E-state index contributed by atoms with van der Waals surface area (Å²) in [5, 5.41) is 23.5. The highest BCUT2D eigenvalue weighted by Crippen LogP contribution is 2.30. The van der Waals surface area contributed by atoms with Gasteiger partial charge in [0.25, 0.3) is 5.69 Å². The fraction of sp³-hybridized carbons (Fsp3) is 0.533. The number of nitro groups is 1. The first-order valence-corrected chi connectivity index (χ1v) is 7.30. The minimum absolute atomic E-state index is 0.0184. The molecule has 0 spiro atoms. The molecular weight excluding hydrogens is 268 g/mol. The first kappa shape index (κ1) is 15.3. The lowest BCUT2D eigenvalue weighted by atomic mass is 9.97. The SMILES string of the molecule is CCN(CC1CCNCC1)c1ccc(C#N)cc1[N+](=O)[O-]. The number of hydrogen-bond donors (Lipinski definition) is 1. The van der Waals surface area contributed by atoms with Crippen LogP contribution in [0.25, 0.3) is 0 Å². The summed E-state index contributed by atoms with van der Waals surface area (Å²) in [7, 11) is 0. The molecule has 2 rings (SSSR count). The van der Waals surface area contributed by atoms with Crippen molar-refractivity contribution in [3.05, 3.63) is 33.9 Å². The number of anilines is 1. The van der Waals surface area contributed by atoms with Crippen molar-refractivity contribution in [2.75, 3.05) is 31.1 Å². The zero-order valence-corrected chi connectivity index (χ0v) is 12.2. The van der Waals surface area contributed by atoms with E-state index in [1.807, 2.05) is 13.0 Å². The van der Waals surface area contributed by atoms with Crippen LogP contribution in [0.3, 0.4) is 0 Å². The molecule has 0 aliphatic carbocycles. The second-order valence-electron chi connectivity index (χ2n) is 5.30. The van der Waals surface area contributed by atoms with Crippen LogP contribution in [0.5, 0.6) is 0 Å². The van der Waals surface area contributed by atoms with Gasteiger partial charge in [-0.3, -0.25) is 10.1 Å². The second-order valence-corrected chi connectivity index (χ2v) is 5.30. The Kier molecular flexibility index (Phi) is 5.12. The van der Waals surface area contributed by atoms with Gasteiger partial charge in [0, 0.05) is 19.2 Å². The van der Waals surface area contributed by atoms with Crippen LogP contribution in [0.15, 0.2) is 18.2 Å². The standard InChI is InChI=1S/C15H20N4O2/c1-2-18(11-12-5-7-17-8-6-12)14-4-3-13(10-16)9-15(14)19(20)21/h3-4,9,12,17H,2,5-8,11H2,1H3. The number of piperidine rings is 1. The number of nitro benzene ring substituents is 1. The highest BCUT2D eigenvalue weighted by molar-refractivity contribution is 5.65. The Hall–Kier alpha value is -2.13. The summed E-state index contributed by atoms with van der Waals surface area (Å²) in [5.41, 5.74) is 0.952. The lowest BCUT2D eigenvalue weighted by Crippen LogP contribution is -2.36. The summed E-state index contributed by atoms with van der Waals surface area (Å²) >= 11 is 0. The molecule has 112 valence electrons. The first-order chi connectivity index (χ1) is 10.2. The van der Waals surface area contributed by atoms with Gasteiger partial charge < -0.3 is 10.2 Å². The van der Waals surface area contributed by atoms with Gasteiger partial charge in [0.15, 0.2) is 0 Å². The van der Waals surface area contributed by atoms with E-state index in [0.717, 1.165) is 39.0 Å². The maximum Gasteiger partial charge on any atom is 0.293 e. The van der Waals surface area contributed by atoms with E-state index in [1.165, 1.54) is 6.07 Å². The summed E-state index contributed by atoms with van der Waals surface area (Å²) in [5.74, 6) is 0.557. The number of nitriles is 1. The lowest BCUT2D eigenvalue weighted by Gasteiger charge is -2.30. The normalized spacial score (nSPS) is 15.4. The van der Waals surface area contributed by atoms with Crippen LogP contribution in [0, 0.1) is 27.4 Å². The summed E-state index contributed by atoms with van der Waals surface area (Å²) in [6, 6.07) is 6.66. The van der Waals surface area contributed by atoms with Crippen molar-refractivity contribution in [2.45, 2.75) is 19.8 Å². The fourth-order valence-electron chi connectivity index (χ4n) is 2.78. The second kappa shape index (κ2) is 7.04. The fourth-order valence-corrected chi connectivity index (χ4v) is 2.78. The maximum atomic E-state index is 11.3. The molecule has 1 N–H and O–H groups in total. The van der Waals surface area contributed by atoms with Crippen molar-refractivity contribution in [3.8, 4) is 6.07 Å². The van der Waals surface area contributed by atoms with Gasteiger partial charge in [-0.2, -0.15) is 5.26 Å². The van der Waals surface area contributed by atoms with Crippen LogP contribution in [0.4, 0.5) is 11.4 Å². The van der Waals surface area contributed by atoms with E-state index >= 15 is 0 Å². The topological polar surface area (TPSA) is 82.2 Å². The van der Waals surface area contributed by atoms with E-state index in [9.17, 15) is 10.1 Å². The first-order valence-electron chi connectivity index (χ1n) is 7.30. The molecule has 1 aromatic carbocycles. The van der Waals surface area contributed by atoms with Crippen molar-refractivity contribution < 1.29 is 4.92 Å². The molecule has 0 bridgehead atoms. The molecule has 1 saturated heterocycles. The van der Waals surface area contributed by atoms with Crippen LogP contribution >= 0.6 is 0 Å². The average Bonchev–Trinajstić information content (AvgIpc) is 2.53. The predicted octanol–water partition coefficient (Wildman–Crippen LogP) is 2.29. The van der Waals surface area contributed by atoms with E-state index in [-0.39, 0.29) is 5.69 Å². The molecule has 0 aromatic heterocycles. The van der Waals surface area contributed by atoms with E-state index in [2.05, 4.69) is 10.2 Å². The largest absolute Gasteiger partial charge is 0.366 e. The Morgan fingerprint density at radius 1 is 1.48 bits per heavy atom. The smallest absolute Gasteiger partial charge is 0.293 e. The van der Waals surface area contributed by atoms with Gasteiger partial charge in [-0.15, -0.1) is 0 Å². The number of rotatable bonds is 5.